The van der Waals surface area contributed by atoms with Gasteiger partial charge in [-0.15, -0.1) is 0 Å². The zero-order valence-electron chi connectivity index (χ0n) is 6.79. The fraction of sp³-hybridized carbons (Fsp3) is 0.500. The van der Waals surface area contributed by atoms with Crippen LogP contribution < -0.4 is 0 Å². The Kier molecular flexibility index (Phi) is 5.07. The van der Waals surface area contributed by atoms with E-state index in [9.17, 15) is 9.59 Å². The number of hydrogen-bond donors (Lipinski definition) is 0. The van der Waals surface area contributed by atoms with Gasteiger partial charge in [0.15, 0.2) is 0 Å². The minimum Gasteiger partial charge on any atom is -0.466 e. The molecule has 11 heavy (non-hydrogen) atoms. The van der Waals surface area contributed by atoms with Gasteiger partial charge in [0.2, 0.25) is 0 Å². The minimum atomic E-state index is -0.422. The Hall–Kier alpha value is -1.12. The Labute approximate surface area is 66.0 Å². The van der Waals surface area contributed by atoms with Crippen LogP contribution in [0.5, 0.6) is 0 Å². The Morgan fingerprint density at radius 2 is 2.09 bits per heavy atom. The molecular formula is C8H12O3. The molecule has 3 heteroatoms. The van der Waals surface area contributed by atoms with E-state index in [1.165, 1.54) is 19.3 Å². The molecule has 0 spiro atoms. The molecule has 0 fully saturated rings. The van der Waals surface area contributed by atoms with Crippen molar-refractivity contribution < 1.29 is 14.3 Å². The average molecular weight is 156 g/mol. The second-order valence-electron chi connectivity index (χ2n) is 2.02. The van der Waals surface area contributed by atoms with E-state index in [1.807, 2.05) is 0 Å². The predicted octanol–water partition coefficient (Wildman–Crippen LogP) is 1.08. The zero-order chi connectivity index (χ0) is 8.69. The summed E-state index contributed by atoms with van der Waals surface area (Å²) in [4.78, 5) is 21.1. The maximum atomic E-state index is 10.7. The van der Waals surface area contributed by atoms with Crippen molar-refractivity contribution >= 4 is 11.8 Å². The van der Waals surface area contributed by atoms with Crippen LogP contribution >= 0.6 is 0 Å². The molecule has 0 aromatic carbocycles. The number of allylic oxidation sites excluding steroid dienone is 1. The number of esters is 1. The van der Waals surface area contributed by atoms with Crippen LogP contribution in [0.3, 0.4) is 0 Å². The number of carbonyl (C=O) groups excluding carboxylic acids is 2. The first-order valence-corrected chi connectivity index (χ1v) is 3.47. The molecule has 0 radical (unpaired) electrons. The van der Waals surface area contributed by atoms with Crippen molar-refractivity contribution in [3.8, 4) is 0 Å². The SMILES string of the molecule is CCC(=O)C/C=C/C(=O)OC. The summed E-state index contributed by atoms with van der Waals surface area (Å²) in [7, 11) is 1.30. The van der Waals surface area contributed by atoms with Gasteiger partial charge < -0.3 is 4.74 Å². The van der Waals surface area contributed by atoms with Crippen LogP contribution in [0.25, 0.3) is 0 Å². The van der Waals surface area contributed by atoms with E-state index in [4.69, 9.17) is 0 Å². The fourth-order valence-corrected chi connectivity index (χ4v) is 0.499. The fourth-order valence-electron chi connectivity index (χ4n) is 0.499. The van der Waals surface area contributed by atoms with Crippen molar-refractivity contribution in [3.05, 3.63) is 12.2 Å². The van der Waals surface area contributed by atoms with Crippen LogP contribution in [0, 0.1) is 0 Å². The van der Waals surface area contributed by atoms with Crippen LogP contribution in [-0.2, 0) is 14.3 Å². The molecule has 0 aliphatic rings. The summed E-state index contributed by atoms with van der Waals surface area (Å²) >= 11 is 0. The van der Waals surface area contributed by atoms with E-state index in [2.05, 4.69) is 4.74 Å². The first-order valence-electron chi connectivity index (χ1n) is 3.47. The molecule has 0 aromatic heterocycles. The van der Waals surface area contributed by atoms with Gasteiger partial charge in [0, 0.05) is 18.9 Å². The molecule has 0 atom stereocenters. The third-order valence-corrected chi connectivity index (χ3v) is 1.19. The summed E-state index contributed by atoms with van der Waals surface area (Å²) < 4.78 is 4.33. The van der Waals surface area contributed by atoms with Gasteiger partial charge in [-0.1, -0.05) is 13.0 Å². The smallest absolute Gasteiger partial charge is 0.330 e. The standard InChI is InChI=1S/C8H12O3/c1-3-7(9)5-4-6-8(10)11-2/h4,6H,3,5H2,1-2H3/b6-4+. The second kappa shape index (κ2) is 5.65. The van der Waals surface area contributed by atoms with Gasteiger partial charge in [0.25, 0.3) is 0 Å². The van der Waals surface area contributed by atoms with Gasteiger partial charge in [-0.3, -0.25) is 4.79 Å². The normalized spacial score (nSPS) is 10.0. The molecule has 0 heterocycles. The first-order chi connectivity index (χ1) is 5.20. The summed E-state index contributed by atoms with van der Waals surface area (Å²) in [5, 5.41) is 0. The third kappa shape index (κ3) is 5.33. The Morgan fingerprint density at radius 3 is 2.55 bits per heavy atom. The lowest BCUT2D eigenvalue weighted by Crippen LogP contribution is -1.96. The number of Topliss-reactive ketones (excluding diaryl/α,β-unsaturated/α-hetero) is 1. The van der Waals surface area contributed by atoms with Gasteiger partial charge >= 0.3 is 5.97 Å². The highest BCUT2D eigenvalue weighted by Crippen LogP contribution is 1.90. The number of ether oxygens (including phenoxy) is 1. The predicted molar refractivity (Wildman–Crippen MR) is 41.1 cm³/mol. The number of rotatable bonds is 4. The Bertz CT molecular complexity index is 170. The molecule has 62 valence electrons. The van der Waals surface area contributed by atoms with E-state index < -0.39 is 5.97 Å². The van der Waals surface area contributed by atoms with Crippen molar-refractivity contribution in [2.24, 2.45) is 0 Å². The van der Waals surface area contributed by atoms with Crippen molar-refractivity contribution in [2.75, 3.05) is 7.11 Å². The van der Waals surface area contributed by atoms with E-state index in [0.29, 0.717) is 12.8 Å². The van der Waals surface area contributed by atoms with Crippen molar-refractivity contribution in [1.82, 2.24) is 0 Å². The van der Waals surface area contributed by atoms with E-state index in [0.717, 1.165) is 0 Å². The van der Waals surface area contributed by atoms with Crippen LogP contribution in [0.4, 0.5) is 0 Å². The van der Waals surface area contributed by atoms with E-state index in [-0.39, 0.29) is 5.78 Å². The highest BCUT2D eigenvalue weighted by Gasteiger charge is 1.94. The van der Waals surface area contributed by atoms with E-state index in [1.54, 1.807) is 6.92 Å². The molecule has 0 N–H and O–H groups in total. The molecular weight excluding hydrogens is 144 g/mol. The molecule has 0 amide bonds. The molecule has 0 saturated carbocycles. The summed E-state index contributed by atoms with van der Waals surface area (Å²) in [6.45, 7) is 1.79. The summed E-state index contributed by atoms with van der Waals surface area (Å²) in [6, 6.07) is 0. The quantitative estimate of drug-likeness (QED) is 0.452. The average Bonchev–Trinajstić information content (AvgIpc) is 2.04. The minimum absolute atomic E-state index is 0.116. The highest BCUT2D eigenvalue weighted by molar-refractivity contribution is 5.84. The maximum Gasteiger partial charge on any atom is 0.330 e. The monoisotopic (exact) mass is 156 g/mol. The molecule has 0 unspecified atom stereocenters. The van der Waals surface area contributed by atoms with Gasteiger partial charge in [0.05, 0.1) is 7.11 Å². The van der Waals surface area contributed by atoms with Crippen LogP contribution in [-0.4, -0.2) is 18.9 Å². The lowest BCUT2D eigenvalue weighted by Gasteiger charge is -1.89. The number of methoxy groups -OCH3 is 1. The van der Waals surface area contributed by atoms with Crippen LogP contribution in [0.2, 0.25) is 0 Å². The number of carbonyl (C=O) groups is 2. The second-order valence-corrected chi connectivity index (χ2v) is 2.02. The van der Waals surface area contributed by atoms with Gasteiger partial charge in [-0.05, 0) is 0 Å². The lowest BCUT2D eigenvalue weighted by atomic mass is 10.2. The molecule has 3 nitrogen and oxygen atoms in total. The number of hydrogen-bond acceptors (Lipinski definition) is 3. The van der Waals surface area contributed by atoms with Gasteiger partial charge in [-0.2, -0.15) is 0 Å². The largest absolute Gasteiger partial charge is 0.466 e. The van der Waals surface area contributed by atoms with E-state index >= 15 is 0 Å². The molecule has 0 bridgehead atoms. The van der Waals surface area contributed by atoms with Crippen molar-refractivity contribution in [1.29, 1.82) is 0 Å². The summed E-state index contributed by atoms with van der Waals surface area (Å²) in [5.74, 6) is -0.306. The van der Waals surface area contributed by atoms with Gasteiger partial charge in [0.1, 0.15) is 5.78 Å². The summed E-state index contributed by atoms with van der Waals surface area (Å²) in [5.41, 5.74) is 0. The molecule has 0 aliphatic heterocycles. The third-order valence-electron chi connectivity index (χ3n) is 1.19. The lowest BCUT2D eigenvalue weighted by molar-refractivity contribution is -0.134. The van der Waals surface area contributed by atoms with Crippen molar-refractivity contribution in [2.45, 2.75) is 19.8 Å². The maximum absolute atomic E-state index is 10.7. The van der Waals surface area contributed by atoms with Crippen molar-refractivity contribution in [3.63, 3.8) is 0 Å². The van der Waals surface area contributed by atoms with Crippen LogP contribution in [0.1, 0.15) is 19.8 Å². The topological polar surface area (TPSA) is 43.4 Å². The number of ketones is 1. The Morgan fingerprint density at radius 1 is 1.45 bits per heavy atom. The molecule has 0 saturated heterocycles. The Balaban J connectivity index is 3.60. The molecule has 0 aliphatic carbocycles. The summed E-state index contributed by atoms with van der Waals surface area (Å²) in [6.07, 6.45) is 3.59. The molecule has 0 rings (SSSR count). The zero-order valence-corrected chi connectivity index (χ0v) is 6.79. The van der Waals surface area contributed by atoms with Crippen LogP contribution in [0.15, 0.2) is 12.2 Å². The molecule has 0 aromatic rings. The van der Waals surface area contributed by atoms with Gasteiger partial charge in [-0.25, -0.2) is 4.79 Å². The first kappa shape index (κ1) is 9.88. The highest BCUT2D eigenvalue weighted by atomic mass is 16.5.